The lowest BCUT2D eigenvalue weighted by molar-refractivity contribution is 0.0232. The first-order valence-corrected chi connectivity index (χ1v) is 8.54. The van der Waals surface area contributed by atoms with E-state index in [9.17, 15) is 8.42 Å². The summed E-state index contributed by atoms with van der Waals surface area (Å²) in [6.07, 6.45) is 6.85. The highest BCUT2D eigenvalue weighted by atomic mass is 32.2. The Morgan fingerprint density at radius 2 is 1.94 bits per heavy atom. The zero-order chi connectivity index (χ0) is 12.4. The zero-order valence-corrected chi connectivity index (χ0v) is 11.4. The van der Waals surface area contributed by atoms with Crippen LogP contribution >= 0.6 is 0 Å². The quantitative estimate of drug-likeness (QED) is 0.801. The molecule has 0 aromatic carbocycles. The van der Waals surface area contributed by atoms with Gasteiger partial charge in [0.1, 0.15) is 9.84 Å². The van der Waals surface area contributed by atoms with E-state index in [2.05, 4.69) is 5.32 Å². The molecule has 0 radical (unpaired) electrons. The lowest BCUT2D eigenvalue weighted by Crippen LogP contribution is -2.48. The van der Waals surface area contributed by atoms with Gasteiger partial charge in [0.25, 0.3) is 0 Å². The molecule has 1 aliphatic heterocycles. The third-order valence-corrected chi connectivity index (χ3v) is 5.13. The van der Waals surface area contributed by atoms with Crippen LogP contribution in [-0.2, 0) is 14.6 Å². The molecule has 1 N–H and O–H groups in total. The zero-order valence-electron chi connectivity index (χ0n) is 10.6. The number of rotatable bonds is 5. The van der Waals surface area contributed by atoms with E-state index in [1.165, 1.54) is 25.5 Å². The van der Waals surface area contributed by atoms with Gasteiger partial charge in [-0.2, -0.15) is 0 Å². The van der Waals surface area contributed by atoms with Crippen molar-refractivity contribution in [1.29, 1.82) is 0 Å². The molecule has 1 aliphatic carbocycles. The van der Waals surface area contributed by atoms with Crippen molar-refractivity contribution in [2.45, 2.75) is 38.1 Å². The molecule has 17 heavy (non-hydrogen) atoms. The standard InChI is InChI=1S/C12H23NO3S/c1-17(14,15)10-12(5-7-16-8-6-12)9-13-11-3-2-4-11/h11,13H,2-10H2,1H3. The molecule has 2 fully saturated rings. The molecule has 1 heterocycles. The van der Waals surface area contributed by atoms with Crippen molar-refractivity contribution >= 4 is 9.84 Å². The summed E-state index contributed by atoms with van der Waals surface area (Å²) in [7, 11) is -2.91. The van der Waals surface area contributed by atoms with Crippen LogP contribution in [0.25, 0.3) is 0 Å². The molecular formula is C12H23NO3S. The van der Waals surface area contributed by atoms with Gasteiger partial charge in [0.2, 0.25) is 0 Å². The van der Waals surface area contributed by atoms with E-state index in [0.29, 0.717) is 25.0 Å². The van der Waals surface area contributed by atoms with Crippen LogP contribution in [0.15, 0.2) is 0 Å². The van der Waals surface area contributed by atoms with Crippen LogP contribution in [0.4, 0.5) is 0 Å². The average molecular weight is 261 g/mol. The van der Waals surface area contributed by atoms with Crippen LogP contribution in [0, 0.1) is 5.41 Å². The number of ether oxygens (including phenoxy) is 1. The molecule has 0 spiro atoms. The molecule has 1 saturated carbocycles. The molecule has 0 aromatic rings. The Morgan fingerprint density at radius 3 is 2.41 bits per heavy atom. The second-order valence-corrected chi connectivity index (χ2v) is 7.83. The van der Waals surface area contributed by atoms with E-state index < -0.39 is 9.84 Å². The highest BCUT2D eigenvalue weighted by Gasteiger charge is 2.36. The predicted octanol–water partition coefficient (Wildman–Crippen LogP) is 0.970. The summed E-state index contributed by atoms with van der Waals surface area (Å²) in [5, 5.41) is 3.53. The summed E-state index contributed by atoms with van der Waals surface area (Å²) in [4.78, 5) is 0. The fourth-order valence-electron chi connectivity index (χ4n) is 2.71. The Labute approximate surface area is 104 Å². The average Bonchev–Trinajstić information content (AvgIpc) is 2.13. The number of hydrogen-bond acceptors (Lipinski definition) is 4. The Kier molecular flexibility index (Phi) is 4.10. The monoisotopic (exact) mass is 261 g/mol. The SMILES string of the molecule is CS(=O)(=O)CC1(CNC2CCC2)CCOCC1. The van der Waals surface area contributed by atoms with E-state index in [0.717, 1.165) is 19.4 Å². The second-order valence-electron chi connectivity index (χ2n) is 5.69. The van der Waals surface area contributed by atoms with Gasteiger partial charge in [-0.15, -0.1) is 0 Å². The smallest absolute Gasteiger partial charge is 0.148 e. The normalized spacial score (nSPS) is 25.5. The van der Waals surface area contributed by atoms with Gasteiger partial charge < -0.3 is 10.1 Å². The Bertz CT molecular complexity index is 343. The summed E-state index contributed by atoms with van der Waals surface area (Å²) in [6, 6.07) is 0.620. The summed E-state index contributed by atoms with van der Waals surface area (Å²) < 4.78 is 28.5. The van der Waals surface area contributed by atoms with Crippen LogP contribution in [0.2, 0.25) is 0 Å². The van der Waals surface area contributed by atoms with E-state index in [4.69, 9.17) is 4.74 Å². The summed E-state index contributed by atoms with van der Waals surface area (Å²) in [5.41, 5.74) is -0.0958. The molecule has 100 valence electrons. The van der Waals surface area contributed by atoms with Crippen molar-refractivity contribution in [2.75, 3.05) is 31.8 Å². The predicted molar refractivity (Wildman–Crippen MR) is 67.8 cm³/mol. The van der Waals surface area contributed by atoms with Crippen molar-refractivity contribution < 1.29 is 13.2 Å². The van der Waals surface area contributed by atoms with Gasteiger partial charge in [0.15, 0.2) is 0 Å². The van der Waals surface area contributed by atoms with Gasteiger partial charge in [-0.25, -0.2) is 8.42 Å². The Morgan fingerprint density at radius 1 is 1.29 bits per heavy atom. The Balaban J connectivity index is 1.95. The summed E-state index contributed by atoms with van der Waals surface area (Å²) in [6.45, 7) is 2.22. The minimum Gasteiger partial charge on any atom is -0.381 e. The van der Waals surface area contributed by atoms with Gasteiger partial charge in [-0.05, 0) is 25.7 Å². The van der Waals surface area contributed by atoms with E-state index in [1.807, 2.05) is 0 Å². The lowest BCUT2D eigenvalue weighted by Gasteiger charge is -2.39. The molecule has 1 saturated heterocycles. The molecule has 0 aromatic heterocycles. The molecule has 0 atom stereocenters. The maximum Gasteiger partial charge on any atom is 0.148 e. The van der Waals surface area contributed by atoms with E-state index in [-0.39, 0.29) is 5.41 Å². The molecule has 0 amide bonds. The fourth-order valence-corrected chi connectivity index (χ4v) is 4.21. The summed E-state index contributed by atoms with van der Waals surface area (Å²) >= 11 is 0. The lowest BCUT2D eigenvalue weighted by atomic mass is 9.81. The van der Waals surface area contributed by atoms with Crippen molar-refractivity contribution in [3.8, 4) is 0 Å². The van der Waals surface area contributed by atoms with Crippen LogP contribution in [0.3, 0.4) is 0 Å². The van der Waals surface area contributed by atoms with Crippen LogP contribution < -0.4 is 5.32 Å². The number of sulfone groups is 1. The molecule has 4 nitrogen and oxygen atoms in total. The largest absolute Gasteiger partial charge is 0.381 e. The first kappa shape index (κ1) is 13.3. The van der Waals surface area contributed by atoms with Crippen LogP contribution in [-0.4, -0.2) is 46.2 Å². The van der Waals surface area contributed by atoms with Gasteiger partial charge in [-0.3, -0.25) is 0 Å². The molecular weight excluding hydrogens is 238 g/mol. The first-order chi connectivity index (χ1) is 7.99. The minimum atomic E-state index is -2.91. The highest BCUT2D eigenvalue weighted by Crippen LogP contribution is 2.32. The van der Waals surface area contributed by atoms with Crippen LogP contribution in [0.1, 0.15) is 32.1 Å². The van der Waals surface area contributed by atoms with E-state index in [1.54, 1.807) is 0 Å². The third kappa shape index (κ3) is 3.93. The van der Waals surface area contributed by atoms with Crippen molar-refractivity contribution in [1.82, 2.24) is 5.32 Å². The van der Waals surface area contributed by atoms with Gasteiger partial charge in [0, 0.05) is 37.5 Å². The summed E-state index contributed by atoms with van der Waals surface area (Å²) in [5.74, 6) is 0.295. The maximum absolute atomic E-state index is 11.6. The molecule has 0 bridgehead atoms. The fraction of sp³-hybridized carbons (Fsp3) is 1.00. The number of nitrogens with one attached hydrogen (secondary N) is 1. The molecule has 2 rings (SSSR count). The topological polar surface area (TPSA) is 55.4 Å². The minimum absolute atomic E-state index is 0.0958. The van der Waals surface area contributed by atoms with Crippen molar-refractivity contribution in [3.05, 3.63) is 0 Å². The molecule has 2 aliphatic rings. The van der Waals surface area contributed by atoms with Crippen molar-refractivity contribution in [2.24, 2.45) is 5.41 Å². The van der Waals surface area contributed by atoms with Gasteiger partial charge >= 0.3 is 0 Å². The number of hydrogen-bond donors (Lipinski definition) is 1. The van der Waals surface area contributed by atoms with Crippen molar-refractivity contribution in [3.63, 3.8) is 0 Å². The second kappa shape index (κ2) is 5.24. The first-order valence-electron chi connectivity index (χ1n) is 6.48. The highest BCUT2D eigenvalue weighted by molar-refractivity contribution is 7.90. The van der Waals surface area contributed by atoms with Crippen LogP contribution in [0.5, 0.6) is 0 Å². The maximum atomic E-state index is 11.6. The third-order valence-electron chi connectivity index (χ3n) is 3.99. The Hall–Kier alpha value is -0.130. The van der Waals surface area contributed by atoms with Gasteiger partial charge in [0.05, 0.1) is 5.75 Å². The molecule has 0 unspecified atom stereocenters. The van der Waals surface area contributed by atoms with E-state index >= 15 is 0 Å². The van der Waals surface area contributed by atoms with Gasteiger partial charge in [-0.1, -0.05) is 6.42 Å². The molecule has 5 heteroatoms.